The van der Waals surface area contributed by atoms with Crippen LogP contribution >= 0.6 is 0 Å². The molecule has 1 aromatic rings. The number of hydrogen-bond acceptors (Lipinski definition) is 5. The number of nitrogens with zero attached hydrogens (tertiary/aromatic N) is 3. The first-order valence-corrected chi connectivity index (χ1v) is 9.14. The van der Waals surface area contributed by atoms with Gasteiger partial charge < -0.3 is 14.5 Å². The van der Waals surface area contributed by atoms with E-state index in [0.717, 1.165) is 12.2 Å². The van der Waals surface area contributed by atoms with Crippen molar-refractivity contribution in [2.75, 3.05) is 52.9 Å². The summed E-state index contributed by atoms with van der Waals surface area (Å²) in [6.45, 7) is 7.98. The highest BCUT2D eigenvalue weighted by molar-refractivity contribution is 5.71. The molecule has 1 amide bonds. The van der Waals surface area contributed by atoms with Crippen LogP contribution in [0.25, 0.3) is 0 Å². The largest absolute Gasteiger partial charge is 0.494 e. The molecule has 1 fully saturated rings. The quantitative estimate of drug-likeness (QED) is 0.419. The van der Waals surface area contributed by atoms with Crippen LogP contribution in [0.5, 0.6) is 5.75 Å². The summed E-state index contributed by atoms with van der Waals surface area (Å²) in [6.07, 6.45) is 2.87. The Kier molecular flexibility index (Phi) is 8.18. The number of piperazine rings is 1. The first-order chi connectivity index (χ1) is 12.0. The van der Waals surface area contributed by atoms with E-state index in [1.165, 1.54) is 51.6 Å². The van der Waals surface area contributed by atoms with E-state index in [2.05, 4.69) is 29.0 Å². The Bertz CT molecular complexity index is 513. The second kappa shape index (κ2) is 10.4. The maximum Gasteiger partial charge on any atom is 0.242 e. The molecule has 25 heavy (non-hydrogen) atoms. The monoisotopic (exact) mass is 349 g/mol. The fourth-order valence-corrected chi connectivity index (χ4v) is 2.89. The van der Waals surface area contributed by atoms with Crippen molar-refractivity contribution in [2.24, 2.45) is 0 Å². The second-order valence-corrected chi connectivity index (χ2v) is 6.74. The topological polar surface area (TPSA) is 56.3 Å². The molecule has 0 atom stereocenters. The summed E-state index contributed by atoms with van der Waals surface area (Å²) in [5.74, 6) is 0.482. The molecule has 0 saturated carbocycles. The lowest BCUT2D eigenvalue weighted by atomic mass is 10.1. The van der Waals surface area contributed by atoms with Crippen LogP contribution in [0.3, 0.4) is 0 Å². The van der Waals surface area contributed by atoms with Crippen LogP contribution in [-0.4, -0.2) is 78.9 Å². The molecule has 0 aliphatic carbocycles. The van der Waals surface area contributed by atoms with Gasteiger partial charge in [0.1, 0.15) is 5.75 Å². The summed E-state index contributed by atoms with van der Waals surface area (Å²) in [7, 11) is 2.18. The van der Waals surface area contributed by atoms with Crippen LogP contribution in [0.1, 0.15) is 25.3 Å². The predicted molar refractivity (Wildman–Crippen MR) is 98.0 cm³/mol. The smallest absolute Gasteiger partial charge is 0.242 e. The summed E-state index contributed by atoms with van der Waals surface area (Å²) >= 11 is 0. The minimum Gasteiger partial charge on any atom is -0.494 e. The molecule has 1 N–H and O–H groups in total. The molecular formula is C19H31N3O3. The van der Waals surface area contributed by atoms with E-state index in [0.29, 0.717) is 24.6 Å². The van der Waals surface area contributed by atoms with E-state index < -0.39 is 0 Å². The summed E-state index contributed by atoms with van der Waals surface area (Å²) in [6, 6.07) is 8.22. The molecule has 0 radical (unpaired) electrons. The summed E-state index contributed by atoms with van der Waals surface area (Å²) < 4.78 is 5.64. The highest BCUT2D eigenvalue weighted by atomic mass is 16.5. The number of hydrogen-bond donors (Lipinski definition) is 1. The Balaban J connectivity index is 1.60. The van der Waals surface area contributed by atoms with Gasteiger partial charge in [0.2, 0.25) is 5.91 Å². The molecular weight excluding hydrogens is 318 g/mol. The second-order valence-electron chi connectivity index (χ2n) is 6.74. The van der Waals surface area contributed by atoms with Crippen molar-refractivity contribution in [1.29, 1.82) is 0 Å². The highest BCUT2D eigenvalue weighted by Crippen LogP contribution is 2.14. The number of rotatable bonds is 9. The molecule has 0 aromatic heterocycles. The van der Waals surface area contributed by atoms with E-state index in [1.54, 1.807) is 0 Å². The van der Waals surface area contributed by atoms with Crippen molar-refractivity contribution in [2.45, 2.75) is 26.2 Å². The summed E-state index contributed by atoms with van der Waals surface area (Å²) in [4.78, 5) is 15.8. The zero-order valence-electron chi connectivity index (χ0n) is 15.5. The Hall–Kier alpha value is -1.63. The fourth-order valence-electron chi connectivity index (χ4n) is 2.89. The molecule has 6 heteroatoms. The maximum atomic E-state index is 10.9. The number of benzene rings is 1. The Morgan fingerprint density at radius 3 is 2.48 bits per heavy atom. The van der Waals surface area contributed by atoms with Crippen molar-refractivity contribution < 1.29 is 14.7 Å². The minimum absolute atomic E-state index is 0.291. The van der Waals surface area contributed by atoms with Crippen LogP contribution in [0, 0.1) is 0 Å². The number of likely N-dealkylation sites (N-methyl/N-ethyl adjacent to an activating group) is 1. The van der Waals surface area contributed by atoms with Crippen molar-refractivity contribution in [3.8, 4) is 5.75 Å². The Morgan fingerprint density at radius 2 is 1.84 bits per heavy atom. The van der Waals surface area contributed by atoms with Gasteiger partial charge in [0.15, 0.2) is 0 Å². The number of aryl methyl sites for hydroxylation is 1. The van der Waals surface area contributed by atoms with E-state index >= 15 is 0 Å². The van der Waals surface area contributed by atoms with Crippen LogP contribution in [0.2, 0.25) is 0 Å². The van der Waals surface area contributed by atoms with Crippen molar-refractivity contribution in [3.05, 3.63) is 29.8 Å². The van der Waals surface area contributed by atoms with E-state index in [4.69, 9.17) is 4.74 Å². The van der Waals surface area contributed by atoms with Gasteiger partial charge in [0, 0.05) is 39.5 Å². The van der Waals surface area contributed by atoms with Crippen molar-refractivity contribution >= 4 is 5.91 Å². The third-order valence-corrected chi connectivity index (χ3v) is 4.61. The van der Waals surface area contributed by atoms with Crippen molar-refractivity contribution in [3.63, 3.8) is 0 Å². The molecule has 0 bridgehead atoms. The van der Waals surface area contributed by atoms with E-state index in [1.807, 2.05) is 12.1 Å². The van der Waals surface area contributed by atoms with Gasteiger partial charge in [-0.1, -0.05) is 12.1 Å². The minimum atomic E-state index is -0.346. The van der Waals surface area contributed by atoms with E-state index in [-0.39, 0.29) is 5.91 Å². The number of carbonyl (C=O) groups excluding carboxylic acids is 1. The molecule has 1 aromatic carbocycles. The molecule has 1 saturated heterocycles. The fraction of sp³-hybridized carbons (Fsp3) is 0.632. The lowest BCUT2D eigenvalue weighted by Crippen LogP contribution is -2.44. The van der Waals surface area contributed by atoms with Gasteiger partial charge in [-0.15, -0.1) is 0 Å². The lowest BCUT2D eigenvalue weighted by molar-refractivity contribution is -0.163. The Morgan fingerprint density at radius 1 is 1.16 bits per heavy atom. The average molecular weight is 349 g/mol. The zero-order valence-corrected chi connectivity index (χ0v) is 15.5. The molecule has 1 aliphatic rings. The maximum absolute atomic E-state index is 10.9. The molecule has 2 rings (SSSR count). The molecule has 6 nitrogen and oxygen atoms in total. The molecule has 1 heterocycles. The zero-order chi connectivity index (χ0) is 18.1. The first kappa shape index (κ1) is 19.7. The van der Waals surface area contributed by atoms with Crippen LogP contribution in [-0.2, 0) is 11.2 Å². The average Bonchev–Trinajstić information content (AvgIpc) is 2.61. The van der Waals surface area contributed by atoms with Gasteiger partial charge in [0.05, 0.1) is 13.2 Å². The first-order valence-electron chi connectivity index (χ1n) is 9.14. The normalized spacial score (nSPS) is 16.0. The summed E-state index contributed by atoms with van der Waals surface area (Å²) in [5, 5.41) is 9.99. The molecule has 0 spiro atoms. The van der Waals surface area contributed by atoms with Gasteiger partial charge >= 0.3 is 0 Å². The van der Waals surface area contributed by atoms with Crippen molar-refractivity contribution in [1.82, 2.24) is 14.9 Å². The van der Waals surface area contributed by atoms with Gasteiger partial charge in [-0.2, -0.15) is 0 Å². The van der Waals surface area contributed by atoms with Crippen LogP contribution in [0.15, 0.2) is 24.3 Å². The number of ether oxygens (including phenoxy) is 1. The van der Waals surface area contributed by atoms with Gasteiger partial charge in [-0.3, -0.25) is 10.0 Å². The SMILES string of the molecule is CC(=O)N(O)CCCOc1ccc(CCCN2CCN(C)CC2)cc1. The summed E-state index contributed by atoms with van der Waals surface area (Å²) in [5.41, 5.74) is 1.33. The Labute approximate surface area is 150 Å². The number of carbonyl (C=O) groups is 1. The molecule has 140 valence electrons. The molecule has 1 aliphatic heterocycles. The standard InChI is InChI=1S/C19H31N3O3/c1-17(23)22(24)11-4-16-25-19-8-6-18(7-9-19)5-3-10-21-14-12-20(2)13-15-21/h6-9,24H,3-5,10-16H2,1-2H3. The van der Waals surface area contributed by atoms with Crippen LogP contribution < -0.4 is 4.74 Å². The number of hydroxylamine groups is 2. The van der Waals surface area contributed by atoms with Gasteiger partial charge in [0.25, 0.3) is 0 Å². The number of amides is 1. The highest BCUT2D eigenvalue weighted by Gasteiger charge is 2.12. The molecule has 0 unspecified atom stereocenters. The van der Waals surface area contributed by atoms with E-state index in [9.17, 15) is 10.0 Å². The van der Waals surface area contributed by atoms with Gasteiger partial charge in [-0.25, -0.2) is 5.06 Å². The third-order valence-electron chi connectivity index (χ3n) is 4.61. The van der Waals surface area contributed by atoms with Crippen LogP contribution in [0.4, 0.5) is 0 Å². The van der Waals surface area contributed by atoms with Gasteiger partial charge in [-0.05, 0) is 44.1 Å². The third kappa shape index (κ3) is 7.42. The lowest BCUT2D eigenvalue weighted by Gasteiger charge is -2.32. The predicted octanol–water partition coefficient (Wildman–Crippen LogP) is 1.87.